The van der Waals surface area contributed by atoms with E-state index >= 15 is 0 Å². The van der Waals surface area contributed by atoms with E-state index in [0.29, 0.717) is 0 Å². The lowest BCUT2D eigenvalue weighted by Gasteiger charge is -2.33. The van der Waals surface area contributed by atoms with Crippen molar-refractivity contribution >= 4 is 11.6 Å². The van der Waals surface area contributed by atoms with Crippen molar-refractivity contribution in [3.8, 4) is 11.4 Å². The van der Waals surface area contributed by atoms with Crippen LogP contribution in [0.15, 0.2) is 48.7 Å². The second-order valence-electron chi connectivity index (χ2n) is 11.0. The summed E-state index contributed by atoms with van der Waals surface area (Å²) in [5.74, 6) is 2.88. The first-order valence-corrected chi connectivity index (χ1v) is 13.9. The van der Waals surface area contributed by atoms with Gasteiger partial charge in [0.25, 0.3) is 0 Å². The van der Waals surface area contributed by atoms with Gasteiger partial charge in [0.15, 0.2) is 5.82 Å². The van der Waals surface area contributed by atoms with E-state index in [0.717, 1.165) is 94.8 Å². The van der Waals surface area contributed by atoms with Gasteiger partial charge in [0, 0.05) is 83.2 Å². The molecule has 0 bridgehead atoms. The zero-order valence-electron chi connectivity index (χ0n) is 23.5. The highest BCUT2D eigenvalue weighted by atomic mass is 15.3. The van der Waals surface area contributed by atoms with Gasteiger partial charge in [-0.05, 0) is 51.8 Å². The third-order valence-electron chi connectivity index (χ3n) is 7.66. The molecule has 0 radical (unpaired) electrons. The Balaban J connectivity index is 1.39. The Morgan fingerprint density at radius 2 is 1.66 bits per heavy atom. The molecule has 0 saturated carbocycles. The summed E-state index contributed by atoms with van der Waals surface area (Å²) in [6.45, 7) is 9.01. The van der Waals surface area contributed by atoms with Crippen LogP contribution in [0.2, 0.25) is 0 Å². The number of likely N-dealkylation sites (N-methyl/N-ethyl adjacent to an activating group) is 1. The fourth-order valence-corrected chi connectivity index (χ4v) is 5.34. The Labute approximate surface area is 227 Å². The van der Waals surface area contributed by atoms with Gasteiger partial charge in [-0.1, -0.05) is 30.3 Å². The van der Waals surface area contributed by atoms with Crippen molar-refractivity contribution in [2.75, 3.05) is 83.8 Å². The maximum absolute atomic E-state index is 5.16. The Hall–Kier alpha value is -3.07. The van der Waals surface area contributed by atoms with Gasteiger partial charge in [-0.25, -0.2) is 15.0 Å². The quantitative estimate of drug-likeness (QED) is 0.432. The Kier molecular flexibility index (Phi) is 8.51. The number of piperazine rings is 1. The summed E-state index contributed by atoms with van der Waals surface area (Å²) in [4.78, 5) is 26.9. The van der Waals surface area contributed by atoms with Crippen molar-refractivity contribution in [2.45, 2.75) is 25.9 Å². The van der Waals surface area contributed by atoms with Crippen molar-refractivity contribution in [1.29, 1.82) is 0 Å². The highest BCUT2D eigenvalue weighted by molar-refractivity contribution is 5.61. The first kappa shape index (κ1) is 26.5. The molecule has 1 aromatic carbocycles. The van der Waals surface area contributed by atoms with E-state index < -0.39 is 0 Å². The summed E-state index contributed by atoms with van der Waals surface area (Å²) < 4.78 is 0. The number of anilines is 2. The average Bonchev–Trinajstić information content (AvgIpc) is 2.93. The lowest BCUT2D eigenvalue weighted by Crippen LogP contribution is -2.44. The summed E-state index contributed by atoms with van der Waals surface area (Å²) in [5, 5.41) is 0. The molecule has 3 aromatic rings. The molecule has 0 N–H and O–H groups in total. The molecule has 0 unspecified atom stereocenters. The largest absolute Gasteiger partial charge is 0.359 e. The summed E-state index contributed by atoms with van der Waals surface area (Å²) in [6.07, 6.45) is 3.98. The van der Waals surface area contributed by atoms with E-state index in [9.17, 15) is 0 Å². The number of aromatic nitrogens is 3. The van der Waals surface area contributed by atoms with Gasteiger partial charge in [0.05, 0.1) is 5.69 Å². The predicted molar refractivity (Wildman–Crippen MR) is 156 cm³/mol. The van der Waals surface area contributed by atoms with Crippen LogP contribution in [0.1, 0.15) is 23.2 Å². The number of rotatable bonds is 9. The Bertz CT molecular complexity index is 1170. The minimum atomic E-state index is 0.784. The lowest BCUT2D eigenvalue weighted by atomic mass is 10.0. The van der Waals surface area contributed by atoms with Crippen LogP contribution in [-0.2, 0) is 19.5 Å². The van der Waals surface area contributed by atoms with Gasteiger partial charge < -0.3 is 19.6 Å². The third kappa shape index (κ3) is 6.49. The molecule has 8 heteroatoms. The van der Waals surface area contributed by atoms with Crippen LogP contribution in [-0.4, -0.2) is 104 Å². The van der Waals surface area contributed by atoms with Gasteiger partial charge >= 0.3 is 0 Å². The molecule has 8 nitrogen and oxygen atoms in total. The molecule has 0 atom stereocenters. The highest BCUT2D eigenvalue weighted by Crippen LogP contribution is 2.30. The molecule has 38 heavy (non-hydrogen) atoms. The monoisotopic (exact) mass is 514 g/mol. The standard InChI is InChI=1S/C30H42N8/c1-34(2)14-8-15-36(4)30-26-23-37(22-24-9-6-5-7-10-24)16-13-27(26)32-29(33-30)25-11-12-28(31-21-25)38-19-17-35(3)18-20-38/h5-7,9-12,21H,8,13-20,22-23H2,1-4H3. The molecule has 1 saturated heterocycles. The first-order valence-electron chi connectivity index (χ1n) is 13.9. The molecular formula is C30H42N8. The number of hydrogen-bond donors (Lipinski definition) is 0. The van der Waals surface area contributed by atoms with Gasteiger partial charge in [-0.3, -0.25) is 4.90 Å². The van der Waals surface area contributed by atoms with Crippen molar-refractivity contribution in [3.05, 3.63) is 65.5 Å². The number of nitrogens with zero attached hydrogens (tertiary/aromatic N) is 8. The van der Waals surface area contributed by atoms with Gasteiger partial charge in [0.1, 0.15) is 11.6 Å². The lowest BCUT2D eigenvalue weighted by molar-refractivity contribution is 0.243. The molecule has 2 aromatic heterocycles. The number of benzene rings is 1. The number of pyridine rings is 1. The summed E-state index contributed by atoms with van der Waals surface area (Å²) in [6, 6.07) is 15.0. The van der Waals surface area contributed by atoms with E-state index in [2.05, 4.69) is 95.2 Å². The van der Waals surface area contributed by atoms with Crippen molar-refractivity contribution in [2.24, 2.45) is 0 Å². The van der Waals surface area contributed by atoms with Crippen LogP contribution in [0.25, 0.3) is 11.4 Å². The van der Waals surface area contributed by atoms with Gasteiger partial charge in [0.2, 0.25) is 0 Å². The highest BCUT2D eigenvalue weighted by Gasteiger charge is 2.25. The van der Waals surface area contributed by atoms with Gasteiger partial charge in [-0.2, -0.15) is 0 Å². The minimum Gasteiger partial charge on any atom is -0.359 e. The smallest absolute Gasteiger partial charge is 0.163 e. The minimum absolute atomic E-state index is 0.784. The molecule has 1 fully saturated rings. The van der Waals surface area contributed by atoms with Crippen LogP contribution < -0.4 is 9.80 Å². The molecule has 0 amide bonds. The van der Waals surface area contributed by atoms with Crippen LogP contribution in [0.4, 0.5) is 11.6 Å². The average molecular weight is 515 g/mol. The maximum atomic E-state index is 5.16. The Morgan fingerprint density at radius 1 is 0.868 bits per heavy atom. The third-order valence-corrected chi connectivity index (χ3v) is 7.66. The normalized spacial score (nSPS) is 16.6. The molecule has 4 heterocycles. The first-order chi connectivity index (χ1) is 18.5. The zero-order chi connectivity index (χ0) is 26.5. The summed E-state index contributed by atoms with van der Waals surface area (Å²) >= 11 is 0. The van der Waals surface area contributed by atoms with E-state index in [1.54, 1.807) is 0 Å². The second kappa shape index (κ2) is 12.2. The molecule has 202 valence electrons. The zero-order valence-corrected chi connectivity index (χ0v) is 23.5. The van der Waals surface area contributed by atoms with Crippen molar-refractivity contribution in [3.63, 3.8) is 0 Å². The Morgan fingerprint density at radius 3 is 2.37 bits per heavy atom. The van der Waals surface area contributed by atoms with Crippen LogP contribution >= 0.6 is 0 Å². The summed E-state index contributed by atoms with van der Waals surface area (Å²) in [5.41, 5.74) is 4.78. The molecule has 5 rings (SSSR count). The SMILES string of the molecule is CN(C)CCCN(C)c1nc(-c2ccc(N3CCN(C)CC3)nc2)nc2c1CN(Cc1ccccc1)CC2. The van der Waals surface area contributed by atoms with E-state index in [1.165, 1.54) is 16.8 Å². The summed E-state index contributed by atoms with van der Waals surface area (Å²) in [7, 11) is 8.61. The van der Waals surface area contributed by atoms with E-state index in [1.807, 2.05) is 6.20 Å². The predicted octanol–water partition coefficient (Wildman–Crippen LogP) is 3.24. The fraction of sp³-hybridized carbons (Fsp3) is 0.500. The van der Waals surface area contributed by atoms with Crippen molar-refractivity contribution < 1.29 is 0 Å². The fourth-order valence-electron chi connectivity index (χ4n) is 5.34. The number of fused-ring (bicyclic) bond motifs is 1. The second-order valence-corrected chi connectivity index (χ2v) is 11.0. The molecule has 2 aliphatic heterocycles. The van der Waals surface area contributed by atoms with Crippen LogP contribution in [0.3, 0.4) is 0 Å². The number of hydrogen-bond acceptors (Lipinski definition) is 8. The van der Waals surface area contributed by atoms with Gasteiger partial charge in [-0.15, -0.1) is 0 Å². The van der Waals surface area contributed by atoms with Crippen LogP contribution in [0, 0.1) is 0 Å². The molecular weight excluding hydrogens is 472 g/mol. The van der Waals surface area contributed by atoms with E-state index in [4.69, 9.17) is 15.0 Å². The molecule has 0 aliphatic carbocycles. The van der Waals surface area contributed by atoms with Crippen LogP contribution in [0.5, 0.6) is 0 Å². The molecule has 2 aliphatic rings. The van der Waals surface area contributed by atoms with E-state index in [-0.39, 0.29) is 0 Å². The maximum Gasteiger partial charge on any atom is 0.163 e. The topological polar surface area (TPSA) is 54.9 Å². The van der Waals surface area contributed by atoms with Crippen molar-refractivity contribution in [1.82, 2.24) is 29.7 Å². The molecule has 0 spiro atoms.